The number of aliphatic imine (C=N–C) groups is 1. The van der Waals surface area contributed by atoms with Crippen molar-refractivity contribution in [3.63, 3.8) is 0 Å². The van der Waals surface area contributed by atoms with Gasteiger partial charge in [0.2, 0.25) is 0 Å². The summed E-state index contributed by atoms with van der Waals surface area (Å²) in [6.07, 6.45) is 7.58. The van der Waals surface area contributed by atoms with Gasteiger partial charge in [-0.15, -0.1) is 0 Å². The molecule has 0 unspecified atom stereocenters. The molecule has 1 aliphatic rings. The number of quaternary nitrogens is 1. The topological polar surface area (TPSA) is 135 Å². The summed E-state index contributed by atoms with van der Waals surface area (Å²) >= 11 is 0. The van der Waals surface area contributed by atoms with E-state index in [1.165, 1.54) is 0 Å². The van der Waals surface area contributed by atoms with Gasteiger partial charge in [0.15, 0.2) is 6.34 Å². The van der Waals surface area contributed by atoms with Gasteiger partial charge in [-0.2, -0.15) is 0 Å². The molecule has 1 aliphatic heterocycles. The molecule has 0 aromatic heterocycles. The first-order chi connectivity index (χ1) is 14.0. The number of benzene rings is 2. The Kier molecular flexibility index (Phi) is 6.46. The minimum Gasteiger partial charge on any atom is -0.491 e. The van der Waals surface area contributed by atoms with Gasteiger partial charge in [-0.25, -0.2) is 4.99 Å². The van der Waals surface area contributed by atoms with E-state index in [4.69, 9.17) is 32.4 Å². The fourth-order valence-electron chi connectivity index (χ4n) is 3.24. The molecule has 0 aliphatic carbocycles. The van der Waals surface area contributed by atoms with Crippen molar-refractivity contribution < 1.29 is 14.0 Å². The maximum Gasteiger partial charge on any atom is 0.194 e. The van der Waals surface area contributed by atoms with Crippen LogP contribution in [0.5, 0.6) is 11.5 Å². The molecular weight excluding hydrogens is 368 g/mol. The number of anilines is 4. The second kappa shape index (κ2) is 9.20. The Morgan fingerprint density at radius 3 is 1.69 bits per heavy atom. The Morgan fingerprint density at radius 2 is 1.28 bits per heavy atom. The summed E-state index contributed by atoms with van der Waals surface area (Å²) in [5.74, 6) is 1.32. The third kappa shape index (κ3) is 5.55. The van der Waals surface area contributed by atoms with Gasteiger partial charge in [0.1, 0.15) is 17.7 Å². The number of nitrogen functional groups attached to an aromatic ring is 4. The number of hydrogen-bond donors (Lipinski definition) is 4. The van der Waals surface area contributed by atoms with Crippen LogP contribution in [0.15, 0.2) is 53.8 Å². The first kappa shape index (κ1) is 20.3. The molecule has 3 rings (SSSR count). The van der Waals surface area contributed by atoms with E-state index < -0.39 is 0 Å². The second-order valence-corrected chi connectivity index (χ2v) is 7.11. The molecule has 8 nitrogen and oxygen atoms in total. The highest BCUT2D eigenvalue weighted by atomic mass is 16.5. The molecule has 0 atom stereocenters. The van der Waals surface area contributed by atoms with Crippen molar-refractivity contribution >= 4 is 29.1 Å². The summed E-state index contributed by atoms with van der Waals surface area (Å²) in [5, 5.41) is 0. The quantitative estimate of drug-likeness (QED) is 0.276. The average molecular weight is 398 g/mol. The lowest BCUT2D eigenvalue weighted by atomic mass is 10.2. The summed E-state index contributed by atoms with van der Waals surface area (Å²) < 4.78 is 12.3. The van der Waals surface area contributed by atoms with Gasteiger partial charge in [0, 0.05) is 24.2 Å². The van der Waals surface area contributed by atoms with Crippen molar-refractivity contribution in [2.75, 3.05) is 49.2 Å². The van der Waals surface area contributed by atoms with Crippen LogP contribution in [0.4, 0.5) is 22.7 Å². The summed E-state index contributed by atoms with van der Waals surface area (Å²) in [6, 6.07) is 10.6. The maximum atomic E-state index is 5.93. The highest BCUT2D eigenvalue weighted by Crippen LogP contribution is 2.25. The average Bonchev–Trinajstić information content (AvgIpc) is 3.14. The summed E-state index contributed by atoms with van der Waals surface area (Å²) in [4.78, 5) is 4.28. The van der Waals surface area contributed by atoms with Gasteiger partial charge >= 0.3 is 0 Å². The molecule has 154 valence electrons. The van der Waals surface area contributed by atoms with E-state index in [9.17, 15) is 0 Å². The van der Waals surface area contributed by atoms with Gasteiger partial charge in [0.05, 0.1) is 43.9 Å². The van der Waals surface area contributed by atoms with Crippen LogP contribution in [-0.2, 0) is 0 Å². The van der Waals surface area contributed by atoms with E-state index in [1.54, 1.807) is 36.4 Å². The number of ether oxygens (including phenoxy) is 2. The Morgan fingerprint density at radius 1 is 0.759 bits per heavy atom. The Labute approximate surface area is 171 Å². The molecule has 0 amide bonds. The molecule has 1 heterocycles. The van der Waals surface area contributed by atoms with E-state index in [-0.39, 0.29) is 0 Å². The van der Waals surface area contributed by atoms with Crippen molar-refractivity contribution in [3.05, 3.63) is 48.8 Å². The standard InChI is InChI=1S/C21H29N6O2/c22-16-3-5-20(18(24)13-16)28-11-1-8-27(10-7-26-15-27)9-2-12-29-21-6-4-17(23)14-19(21)25/h3-7,10,13-15H,1-2,8-9,11-12,22-25H2/q+1. The lowest BCUT2D eigenvalue weighted by molar-refractivity contribution is -0.780. The molecule has 2 aromatic carbocycles. The molecule has 0 saturated heterocycles. The van der Waals surface area contributed by atoms with Crippen LogP contribution < -0.4 is 32.4 Å². The normalized spacial score (nSPS) is 14.2. The Balaban J connectivity index is 1.43. The number of nitrogens with two attached hydrogens (primary N) is 4. The van der Waals surface area contributed by atoms with E-state index >= 15 is 0 Å². The molecule has 29 heavy (non-hydrogen) atoms. The molecule has 0 spiro atoms. The minimum absolute atomic E-state index is 0.551. The van der Waals surface area contributed by atoms with E-state index in [1.807, 2.05) is 12.5 Å². The summed E-state index contributed by atoms with van der Waals surface area (Å²) in [7, 11) is 0. The first-order valence-electron chi connectivity index (χ1n) is 9.61. The van der Waals surface area contributed by atoms with Crippen LogP contribution in [0.25, 0.3) is 0 Å². The van der Waals surface area contributed by atoms with Crippen molar-refractivity contribution in [3.8, 4) is 11.5 Å². The molecule has 0 radical (unpaired) electrons. The fraction of sp³-hybridized carbons (Fsp3) is 0.286. The minimum atomic E-state index is 0.551. The third-order valence-corrected chi connectivity index (χ3v) is 4.77. The lowest BCUT2D eigenvalue weighted by Crippen LogP contribution is -2.42. The number of hydrogen-bond acceptors (Lipinski definition) is 7. The predicted molar refractivity (Wildman–Crippen MR) is 118 cm³/mol. The zero-order valence-corrected chi connectivity index (χ0v) is 16.5. The monoisotopic (exact) mass is 397 g/mol. The SMILES string of the molecule is Nc1ccc(OCCC[N+]2(CCCOc3ccc(N)cc3N)C=CN=C2)c(N)c1. The van der Waals surface area contributed by atoms with Crippen molar-refractivity contribution in [2.24, 2.45) is 4.99 Å². The van der Waals surface area contributed by atoms with Crippen LogP contribution >= 0.6 is 0 Å². The third-order valence-electron chi connectivity index (χ3n) is 4.77. The Bertz CT molecular complexity index is 823. The molecule has 0 bridgehead atoms. The van der Waals surface area contributed by atoms with Crippen LogP contribution in [-0.4, -0.2) is 37.1 Å². The highest BCUT2D eigenvalue weighted by Gasteiger charge is 2.25. The van der Waals surface area contributed by atoms with Crippen LogP contribution in [0.1, 0.15) is 12.8 Å². The van der Waals surface area contributed by atoms with Crippen LogP contribution in [0.2, 0.25) is 0 Å². The molecule has 0 saturated carbocycles. The largest absolute Gasteiger partial charge is 0.491 e. The maximum absolute atomic E-state index is 5.93. The van der Waals surface area contributed by atoms with E-state index in [2.05, 4.69) is 11.2 Å². The predicted octanol–water partition coefficient (Wildman–Crippen LogP) is 2.58. The lowest BCUT2D eigenvalue weighted by Gasteiger charge is -2.27. The van der Waals surface area contributed by atoms with Crippen molar-refractivity contribution in [2.45, 2.75) is 12.8 Å². The van der Waals surface area contributed by atoms with Crippen LogP contribution in [0.3, 0.4) is 0 Å². The van der Waals surface area contributed by atoms with Crippen molar-refractivity contribution in [1.29, 1.82) is 0 Å². The Hall–Kier alpha value is -3.39. The first-order valence-corrected chi connectivity index (χ1v) is 9.61. The van der Waals surface area contributed by atoms with E-state index in [0.29, 0.717) is 51.9 Å². The van der Waals surface area contributed by atoms with Gasteiger partial charge in [0.25, 0.3) is 0 Å². The van der Waals surface area contributed by atoms with Crippen LogP contribution in [0, 0.1) is 0 Å². The van der Waals surface area contributed by atoms with Gasteiger partial charge in [-0.3, -0.25) is 4.48 Å². The second-order valence-electron chi connectivity index (χ2n) is 7.11. The molecule has 0 fully saturated rings. The molecule has 8 heteroatoms. The zero-order chi connectivity index (χ0) is 20.7. The highest BCUT2D eigenvalue weighted by molar-refractivity contribution is 5.61. The van der Waals surface area contributed by atoms with E-state index in [0.717, 1.165) is 25.9 Å². The fourth-order valence-corrected chi connectivity index (χ4v) is 3.24. The summed E-state index contributed by atoms with van der Waals surface area (Å²) in [6.45, 7) is 2.88. The zero-order valence-electron chi connectivity index (χ0n) is 16.5. The number of rotatable bonds is 10. The van der Waals surface area contributed by atoms with Gasteiger partial charge < -0.3 is 32.4 Å². The molecule has 8 N–H and O–H groups in total. The number of nitrogens with zero attached hydrogens (tertiary/aromatic N) is 2. The van der Waals surface area contributed by atoms with Crippen molar-refractivity contribution in [1.82, 2.24) is 0 Å². The van der Waals surface area contributed by atoms with Gasteiger partial charge in [-0.1, -0.05) is 0 Å². The van der Waals surface area contributed by atoms with Gasteiger partial charge in [-0.05, 0) is 36.4 Å². The molecule has 2 aromatic rings. The smallest absolute Gasteiger partial charge is 0.194 e. The summed E-state index contributed by atoms with van der Waals surface area (Å²) in [5.41, 5.74) is 25.6. The molecular formula is C21H29N6O2+.